The van der Waals surface area contributed by atoms with Crippen molar-refractivity contribution in [3.05, 3.63) is 10.1 Å². The Morgan fingerprint density at radius 3 is 2.64 bits per heavy atom. The first-order valence-electron chi connectivity index (χ1n) is 3.29. The molecule has 0 amide bonds. The van der Waals surface area contributed by atoms with Gasteiger partial charge in [-0.1, -0.05) is 0 Å². The van der Waals surface area contributed by atoms with Gasteiger partial charge in [-0.05, 0) is 14.1 Å². The summed E-state index contributed by atoms with van der Waals surface area (Å²) in [4.78, 5) is 11.6. The Morgan fingerprint density at radius 2 is 2.18 bits per heavy atom. The van der Waals surface area contributed by atoms with Crippen LogP contribution in [0, 0.1) is 10.1 Å². The Morgan fingerprint density at radius 1 is 1.55 bits per heavy atom. The second-order valence-electron chi connectivity index (χ2n) is 2.35. The summed E-state index contributed by atoms with van der Waals surface area (Å²) in [5.41, 5.74) is 0. The lowest BCUT2D eigenvalue weighted by Crippen LogP contribution is -2.13. The number of hydrogen-bond acceptors (Lipinski definition) is 4. The number of nitro groups is 1. The summed E-state index contributed by atoms with van der Waals surface area (Å²) >= 11 is 0. The Kier molecular flexibility index (Phi) is 5.18. The average molecular weight is 160 g/mol. The van der Waals surface area contributed by atoms with Gasteiger partial charge in [-0.3, -0.25) is 0 Å². The van der Waals surface area contributed by atoms with Gasteiger partial charge in [-0.15, -0.1) is 0 Å². The van der Waals surface area contributed by atoms with Crippen LogP contribution in [0.25, 0.3) is 0 Å². The van der Waals surface area contributed by atoms with Gasteiger partial charge in [0.05, 0.1) is 5.03 Å². The van der Waals surface area contributed by atoms with Crippen molar-refractivity contribution in [3.8, 4) is 0 Å². The summed E-state index contributed by atoms with van der Waals surface area (Å²) < 4.78 is 0. The van der Waals surface area contributed by atoms with Gasteiger partial charge in [0.25, 0.3) is 0 Å². The highest BCUT2D eigenvalue weighted by molar-refractivity contribution is 4.44. The van der Waals surface area contributed by atoms with Crippen molar-refractivity contribution in [2.24, 2.45) is 10.3 Å². The van der Waals surface area contributed by atoms with Crippen LogP contribution >= 0.6 is 0 Å². The van der Waals surface area contributed by atoms with Crippen molar-refractivity contribution in [1.29, 1.82) is 0 Å². The molecular formula is C5H12N4O2. The van der Waals surface area contributed by atoms with Crippen LogP contribution in [0.4, 0.5) is 0 Å². The minimum Gasteiger partial charge on any atom is -0.337 e. The molecule has 6 heteroatoms. The summed E-state index contributed by atoms with van der Waals surface area (Å²) in [6.45, 7) is 1.29. The van der Waals surface area contributed by atoms with E-state index in [1.807, 2.05) is 19.0 Å². The van der Waals surface area contributed by atoms with Gasteiger partial charge in [0.1, 0.15) is 0 Å². The monoisotopic (exact) mass is 160 g/mol. The van der Waals surface area contributed by atoms with E-state index in [1.165, 1.54) is 0 Å². The third-order valence-electron chi connectivity index (χ3n) is 1.000. The highest BCUT2D eigenvalue weighted by atomic mass is 16.7. The topological polar surface area (TPSA) is 71.1 Å². The molecule has 0 aliphatic heterocycles. The maximum atomic E-state index is 9.63. The average Bonchev–Trinajstić information content (AvgIpc) is 1.85. The van der Waals surface area contributed by atoms with Crippen molar-refractivity contribution >= 4 is 0 Å². The molecule has 64 valence electrons. The second kappa shape index (κ2) is 5.72. The fraction of sp³-hybridized carbons (Fsp3) is 1.00. The van der Waals surface area contributed by atoms with Gasteiger partial charge in [0.2, 0.25) is 0 Å². The lowest BCUT2D eigenvalue weighted by atomic mass is 10.4. The predicted molar refractivity (Wildman–Crippen MR) is 39.9 cm³/mol. The van der Waals surface area contributed by atoms with Crippen LogP contribution in [0.2, 0.25) is 0 Å². The molecule has 6 nitrogen and oxygen atoms in total. The summed E-state index contributed by atoms with van der Waals surface area (Å²) in [7, 11) is 3.87. The molecular weight excluding hydrogens is 148 g/mol. The molecule has 0 aliphatic rings. The molecule has 0 bridgehead atoms. The molecule has 0 aromatic carbocycles. The summed E-state index contributed by atoms with van der Waals surface area (Å²) in [5, 5.41) is 14.9. The van der Waals surface area contributed by atoms with Gasteiger partial charge in [0, 0.05) is 18.1 Å². The number of nitrogens with zero attached hydrogens (tertiary/aromatic N) is 4. The molecule has 0 rings (SSSR count). The van der Waals surface area contributed by atoms with E-state index in [4.69, 9.17) is 0 Å². The van der Waals surface area contributed by atoms with Gasteiger partial charge in [-0.2, -0.15) is 0 Å². The fourth-order valence-electron chi connectivity index (χ4n) is 0.554. The van der Waals surface area contributed by atoms with E-state index < -0.39 is 5.03 Å². The van der Waals surface area contributed by atoms with Crippen molar-refractivity contribution < 1.29 is 5.03 Å². The van der Waals surface area contributed by atoms with Gasteiger partial charge < -0.3 is 15.0 Å². The van der Waals surface area contributed by atoms with Crippen LogP contribution in [-0.2, 0) is 0 Å². The zero-order valence-electron chi connectivity index (χ0n) is 6.73. The van der Waals surface area contributed by atoms with Gasteiger partial charge in [-0.25, -0.2) is 0 Å². The van der Waals surface area contributed by atoms with Crippen LogP contribution in [0.15, 0.2) is 10.3 Å². The lowest BCUT2D eigenvalue weighted by Gasteiger charge is -2.04. The highest BCUT2D eigenvalue weighted by Crippen LogP contribution is 1.85. The Bertz CT molecular complexity index is 145. The van der Waals surface area contributed by atoms with Crippen molar-refractivity contribution in [2.45, 2.75) is 6.42 Å². The van der Waals surface area contributed by atoms with Crippen LogP contribution in [-0.4, -0.2) is 37.1 Å². The first-order chi connectivity index (χ1) is 5.13. The third-order valence-corrected chi connectivity index (χ3v) is 1.000. The minimum absolute atomic E-state index is 0.416. The molecule has 0 radical (unpaired) electrons. The summed E-state index contributed by atoms with van der Waals surface area (Å²) in [6.07, 6.45) is 0.796. The van der Waals surface area contributed by atoms with Crippen LogP contribution in [0.3, 0.4) is 0 Å². The standard InChI is InChI=1S/C5H12N4O2/c1-8(2)5-3-4-6-7-9(10)11/h3-5H2,1-2H3. The molecule has 0 saturated carbocycles. The fourth-order valence-corrected chi connectivity index (χ4v) is 0.554. The number of hydrogen-bond donors (Lipinski definition) is 0. The quantitative estimate of drug-likeness (QED) is 0.255. The second-order valence-corrected chi connectivity index (χ2v) is 2.35. The zero-order chi connectivity index (χ0) is 8.69. The smallest absolute Gasteiger partial charge is 0.177 e. The van der Waals surface area contributed by atoms with Gasteiger partial charge >= 0.3 is 0 Å². The first-order valence-corrected chi connectivity index (χ1v) is 3.29. The number of rotatable bonds is 5. The van der Waals surface area contributed by atoms with Crippen molar-refractivity contribution in [1.82, 2.24) is 4.90 Å². The van der Waals surface area contributed by atoms with Crippen molar-refractivity contribution in [2.75, 3.05) is 27.2 Å². The van der Waals surface area contributed by atoms with Crippen LogP contribution in [0.1, 0.15) is 6.42 Å². The maximum absolute atomic E-state index is 9.63. The molecule has 0 aromatic heterocycles. The molecule has 0 heterocycles. The third kappa shape index (κ3) is 8.96. The van der Waals surface area contributed by atoms with E-state index >= 15 is 0 Å². The van der Waals surface area contributed by atoms with E-state index in [0.717, 1.165) is 13.0 Å². The molecule has 0 fully saturated rings. The molecule has 11 heavy (non-hydrogen) atoms. The lowest BCUT2D eigenvalue weighted by molar-refractivity contribution is -0.494. The summed E-state index contributed by atoms with van der Waals surface area (Å²) in [6, 6.07) is 0. The van der Waals surface area contributed by atoms with Crippen LogP contribution in [0.5, 0.6) is 0 Å². The Balaban J connectivity index is 3.21. The predicted octanol–water partition coefficient (Wildman–Crippen LogP) is 0.582. The Hall–Kier alpha value is -1.04. The van der Waals surface area contributed by atoms with E-state index in [9.17, 15) is 10.1 Å². The zero-order valence-corrected chi connectivity index (χ0v) is 6.73. The van der Waals surface area contributed by atoms with E-state index in [1.54, 1.807) is 0 Å². The highest BCUT2D eigenvalue weighted by Gasteiger charge is 1.93. The van der Waals surface area contributed by atoms with E-state index in [2.05, 4.69) is 10.3 Å². The van der Waals surface area contributed by atoms with E-state index in [-0.39, 0.29) is 0 Å². The molecule has 0 aliphatic carbocycles. The Labute approximate surface area is 65.0 Å². The van der Waals surface area contributed by atoms with Crippen LogP contribution < -0.4 is 0 Å². The molecule has 0 spiro atoms. The van der Waals surface area contributed by atoms with E-state index in [0.29, 0.717) is 6.54 Å². The first kappa shape index (κ1) is 9.96. The maximum Gasteiger partial charge on any atom is 0.177 e. The molecule has 0 atom stereocenters. The van der Waals surface area contributed by atoms with Crippen molar-refractivity contribution in [3.63, 3.8) is 0 Å². The molecule has 0 N–H and O–H groups in total. The molecule has 0 aromatic rings. The van der Waals surface area contributed by atoms with Gasteiger partial charge in [0.15, 0.2) is 11.8 Å². The minimum atomic E-state index is -0.796. The largest absolute Gasteiger partial charge is 0.337 e. The SMILES string of the molecule is CN(C)CCCN=N[N+](=O)[O-]. The summed E-state index contributed by atoms with van der Waals surface area (Å²) in [5.74, 6) is 0. The molecule has 0 saturated heterocycles. The molecule has 0 unspecified atom stereocenters. The normalized spacial score (nSPS) is 11.2.